The van der Waals surface area contributed by atoms with Gasteiger partial charge in [-0.05, 0) is 18.9 Å². The molecule has 0 spiro atoms. The van der Waals surface area contributed by atoms with E-state index in [4.69, 9.17) is 11.6 Å². The van der Waals surface area contributed by atoms with Crippen LogP contribution in [0.5, 0.6) is 0 Å². The molecule has 3 rings (SSSR count). The van der Waals surface area contributed by atoms with E-state index in [9.17, 15) is 4.79 Å². The van der Waals surface area contributed by atoms with Crippen molar-refractivity contribution in [2.24, 2.45) is 7.05 Å². The molecule has 7 heteroatoms. The summed E-state index contributed by atoms with van der Waals surface area (Å²) < 4.78 is 1.55. The zero-order valence-electron chi connectivity index (χ0n) is 12.4. The van der Waals surface area contributed by atoms with Crippen LogP contribution in [-0.4, -0.2) is 33.7 Å². The lowest BCUT2D eigenvalue weighted by molar-refractivity contribution is 0.523. The van der Waals surface area contributed by atoms with Crippen molar-refractivity contribution in [2.75, 3.05) is 23.3 Å². The van der Waals surface area contributed by atoms with E-state index in [-0.39, 0.29) is 11.6 Å². The SMILES string of the molecule is Cn1ccnc(N2CCCC(Nc3ccncc3Cl)C2)c1=O. The molecule has 22 heavy (non-hydrogen) atoms. The Morgan fingerprint density at radius 1 is 1.41 bits per heavy atom. The van der Waals surface area contributed by atoms with Gasteiger partial charge < -0.3 is 14.8 Å². The second-order valence-electron chi connectivity index (χ2n) is 5.45. The van der Waals surface area contributed by atoms with Crippen molar-refractivity contribution in [1.82, 2.24) is 14.5 Å². The van der Waals surface area contributed by atoms with Gasteiger partial charge in [0, 0.05) is 51.0 Å². The van der Waals surface area contributed by atoms with Crippen molar-refractivity contribution in [1.29, 1.82) is 0 Å². The molecule has 1 aliphatic heterocycles. The van der Waals surface area contributed by atoms with E-state index in [0.29, 0.717) is 10.8 Å². The van der Waals surface area contributed by atoms with E-state index >= 15 is 0 Å². The lowest BCUT2D eigenvalue weighted by Gasteiger charge is -2.34. The van der Waals surface area contributed by atoms with Crippen molar-refractivity contribution in [3.05, 3.63) is 46.2 Å². The third-order valence-corrected chi connectivity index (χ3v) is 4.15. The number of hydrogen-bond acceptors (Lipinski definition) is 5. The van der Waals surface area contributed by atoms with Crippen molar-refractivity contribution < 1.29 is 0 Å². The summed E-state index contributed by atoms with van der Waals surface area (Å²) in [5, 5.41) is 4.04. The lowest BCUT2D eigenvalue weighted by Crippen LogP contribution is -2.45. The Bertz CT molecular complexity index is 717. The molecule has 1 atom stereocenters. The van der Waals surface area contributed by atoms with Gasteiger partial charge in [-0.3, -0.25) is 9.78 Å². The Kier molecular flexibility index (Phi) is 4.29. The lowest BCUT2D eigenvalue weighted by atomic mass is 10.1. The van der Waals surface area contributed by atoms with E-state index in [1.54, 1.807) is 36.4 Å². The van der Waals surface area contributed by atoms with Crippen molar-refractivity contribution in [3.8, 4) is 0 Å². The average molecular weight is 320 g/mol. The largest absolute Gasteiger partial charge is 0.379 e. The molecule has 3 heterocycles. The summed E-state index contributed by atoms with van der Waals surface area (Å²) in [7, 11) is 1.74. The minimum Gasteiger partial charge on any atom is -0.379 e. The van der Waals surface area contributed by atoms with Crippen LogP contribution in [0.25, 0.3) is 0 Å². The smallest absolute Gasteiger partial charge is 0.293 e. The zero-order valence-corrected chi connectivity index (χ0v) is 13.1. The molecule has 116 valence electrons. The van der Waals surface area contributed by atoms with Crippen LogP contribution in [-0.2, 0) is 7.05 Å². The number of nitrogens with zero attached hydrogens (tertiary/aromatic N) is 4. The third kappa shape index (κ3) is 3.06. The summed E-state index contributed by atoms with van der Waals surface area (Å²) in [5.74, 6) is 0.511. The minimum absolute atomic E-state index is 0.0647. The quantitative estimate of drug-likeness (QED) is 0.936. The Balaban J connectivity index is 1.76. The van der Waals surface area contributed by atoms with Crippen LogP contribution in [0.2, 0.25) is 5.02 Å². The van der Waals surface area contributed by atoms with Crippen molar-refractivity contribution >= 4 is 23.1 Å². The summed E-state index contributed by atoms with van der Waals surface area (Å²) in [6.07, 6.45) is 8.69. The molecule has 0 amide bonds. The first kappa shape index (κ1) is 14.8. The van der Waals surface area contributed by atoms with E-state index in [1.807, 2.05) is 11.0 Å². The number of pyridine rings is 1. The predicted octanol–water partition coefficient (Wildman–Crippen LogP) is 1.91. The highest BCUT2D eigenvalue weighted by Gasteiger charge is 2.23. The van der Waals surface area contributed by atoms with Gasteiger partial charge in [0.2, 0.25) is 0 Å². The fraction of sp³-hybridized carbons (Fsp3) is 0.400. The summed E-state index contributed by atoms with van der Waals surface area (Å²) >= 11 is 6.14. The molecule has 1 saturated heterocycles. The second kappa shape index (κ2) is 6.36. The van der Waals surface area contributed by atoms with Crippen LogP contribution >= 0.6 is 11.6 Å². The van der Waals surface area contributed by atoms with Crippen molar-refractivity contribution in [2.45, 2.75) is 18.9 Å². The highest BCUT2D eigenvalue weighted by Crippen LogP contribution is 2.23. The van der Waals surface area contributed by atoms with E-state index in [1.165, 1.54) is 0 Å². The predicted molar refractivity (Wildman–Crippen MR) is 87.6 cm³/mol. The third-order valence-electron chi connectivity index (χ3n) is 3.85. The fourth-order valence-corrected chi connectivity index (χ4v) is 2.87. The second-order valence-corrected chi connectivity index (χ2v) is 5.86. The maximum Gasteiger partial charge on any atom is 0.293 e. The molecule has 0 radical (unpaired) electrons. The molecule has 6 nitrogen and oxygen atoms in total. The summed E-state index contributed by atoms with van der Waals surface area (Å²) in [5.41, 5.74) is 0.808. The van der Waals surface area contributed by atoms with Gasteiger partial charge in [-0.25, -0.2) is 4.98 Å². The van der Waals surface area contributed by atoms with Gasteiger partial charge in [-0.15, -0.1) is 0 Å². The molecule has 0 bridgehead atoms. The normalized spacial score (nSPS) is 18.3. The Hall–Kier alpha value is -2.08. The maximum absolute atomic E-state index is 12.2. The standard InChI is InChI=1S/C15H18ClN5O/c1-20-8-6-18-14(15(20)22)21-7-2-3-11(10-21)19-13-4-5-17-9-12(13)16/h4-6,8-9,11H,2-3,7,10H2,1H3,(H,17,19). The molecular weight excluding hydrogens is 302 g/mol. The van der Waals surface area contributed by atoms with E-state index < -0.39 is 0 Å². The fourth-order valence-electron chi connectivity index (χ4n) is 2.70. The maximum atomic E-state index is 12.2. The topological polar surface area (TPSA) is 63.1 Å². The van der Waals surface area contributed by atoms with Gasteiger partial charge in [-0.1, -0.05) is 11.6 Å². The molecule has 2 aromatic rings. The van der Waals surface area contributed by atoms with E-state index in [0.717, 1.165) is 31.6 Å². The van der Waals surface area contributed by atoms with Crippen molar-refractivity contribution in [3.63, 3.8) is 0 Å². The number of anilines is 2. The van der Waals surface area contributed by atoms with Gasteiger partial charge in [0.05, 0.1) is 10.7 Å². The van der Waals surface area contributed by atoms with Gasteiger partial charge in [0.1, 0.15) is 0 Å². The molecular formula is C15H18ClN5O. The number of piperidine rings is 1. The molecule has 1 N–H and O–H groups in total. The molecule has 1 aliphatic rings. The Morgan fingerprint density at radius 3 is 3.09 bits per heavy atom. The van der Waals surface area contributed by atoms with Gasteiger partial charge in [0.25, 0.3) is 5.56 Å². The number of aryl methyl sites for hydroxylation is 1. The molecule has 1 unspecified atom stereocenters. The zero-order chi connectivity index (χ0) is 15.5. The van der Waals surface area contributed by atoms with Crippen LogP contribution in [0, 0.1) is 0 Å². The number of aromatic nitrogens is 3. The molecule has 0 saturated carbocycles. The Morgan fingerprint density at radius 2 is 2.27 bits per heavy atom. The van der Waals surface area contributed by atoms with Gasteiger partial charge >= 0.3 is 0 Å². The van der Waals surface area contributed by atoms with Gasteiger partial charge in [0.15, 0.2) is 5.82 Å². The summed E-state index contributed by atoms with van der Waals surface area (Å²) in [4.78, 5) is 22.5. The van der Waals surface area contributed by atoms with Crippen LogP contribution in [0.15, 0.2) is 35.6 Å². The highest BCUT2D eigenvalue weighted by atomic mass is 35.5. The molecule has 1 fully saturated rings. The first-order valence-electron chi connectivity index (χ1n) is 7.28. The van der Waals surface area contributed by atoms with E-state index in [2.05, 4.69) is 15.3 Å². The van der Waals surface area contributed by atoms with Gasteiger partial charge in [-0.2, -0.15) is 0 Å². The first-order valence-corrected chi connectivity index (χ1v) is 7.65. The minimum atomic E-state index is -0.0647. The number of halogens is 1. The highest BCUT2D eigenvalue weighted by molar-refractivity contribution is 6.33. The van der Waals surface area contributed by atoms with Crippen LogP contribution in [0.1, 0.15) is 12.8 Å². The number of nitrogens with one attached hydrogen (secondary N) is 1. The van der Waals surface area contributed by atoms with Crippen LogP contribution in [0.4, 0.5) is 11.5 Å². The average Bonchev–Trinajstić information content (AvgIpc) is 2.53. The summed E-state index contributed by atoms with van der Waals surface area (Å²) in [6.45, 7) is 1.57. The van der Waals surface area contributed by atoms with Crippen LogP contribution in [0.3, 0.4) is 0 Å². The molecule has 0 aromatic carbocycles. The number of hydrogen-bond donors (Lipinski definition) is 1. The van der Waals surface area contributed by atoms with Crippen LogP contribution < -0.4 is 15.8 Å². The molecule has 2 aromatic heterocycles. The molecule has 0 aliphatic carbocycles. The summed E-state index contributed by atoms with van der Waals surface area (Å²) in [6, 6.07) is 2.08. The number of rotatable bonds is 3. The monoisotopic (exact) mass is 319 g/mol. The Labute approximate surface area is 133 Å². The first-order chi connectivity index (χ1) is 10.6.